The highest BCUT2D eigenvalue weighted by atomic mass is 35.5. The topological polar surface area (TPSA) is 70.0 Å². The number of carbonyl (C=O) groups is 2. The number of alkyl halides is 1. The molecule has 0 saturated heterocycles. The number of amides is 1. The van der Waals surface area contributed by atoms with Crippen LogP contribution in [-0.4, -0.2) is 38.6 Å². The molecule has 4 rings (SSSR count). The number of carboxylic acids is 1. The number of allylic oxidation sites excluding steroid dienone is 4. The Balaban J connectivity index is 1.85. The van der Waals surface area contributed by atoms with E-state index in [2.05, 4.69) is 47.6 Å². The highest BCUT2D eigenvalue weighted by Crippen LogP contribution is 2.49. The van der Waals surface area contributed by atoms with Gasteiger partial charge in [0, 0.05) is 17.4 Å². The number of carboxylic acid groups (broad SMARTS) is 1. The third-order valence-corrected chi connectivity index (χ3v) is 9.24. The van der Waals surface area contributed by atoms with E-state index < -0.39 is 11.6 Å². The lowest BCUT2D eigenvalue weighted by atomic mass is 9.76. The van der Waals surface area contributed by atoms with Crippen molar-refractivity contribution in [2.45, 2.75) is 97.7 Å². The number of carbonyl (C=O) groups excluding carboxylic acids is 1. The van der Waals surface area contributed by atoms with Crippen molar-refractivity contribution in [1.29, 1.82) is 0 Å². The van der Waals surface area contributed by atoms with Gasteiger partial charge in [-0.25, -0.2) is 4.79 Å². The van der Waals surface area contributed by atoms with Crippen LogP contribution in [0.15, 0.2) is 63.7 Å². The molecule has 5 nitrogen and oxygen atoms in total. The van der Waals surface area contributed by atoms with E-state index in [-0.39, 0.29) is 39.6 Å². The fourth-order valence-corrected chi connectivity index (χ4v) is 6.59. The Hall–Kier alpha value is -2.37. The molecular weight excluding hydrogens is 543 g/mol. The zero-order valence-electron chi connectivity index (χ0n) is 24.7. The van der Waals surface area contributed by atoms with Gasteiger partial charge in [-0.1, -0.05) is 83.8 Å². The summed E-state index contributed by atoms with van der Waals surface area (Å²) in [6, 6.07) is 6.70. The first-order valence-corrected chi connectivity index (χ1v) is 15.0. The zero-order chi connectivity index (χ0) is 29.6. The van der Waals surface area contributed by atoms with Crippen LogP contribution < -0.4 is 0 Å². The molecule has 3 unspecified atom stereocenters. The van der Waals surface area contributed by atoms with Crippen LogP contribution in [-0.2, 0) is 4.79 Å². The second-order valence-electron chi connectivity index (χ2n) is 13.7. The minimum atomic E-state index is -0.969. The molecule has 1 N–H and O–H groups in total. The van der Waals surface area contributed by atoms with Crippen molar-refractivity contribution in [2.75, 3.05) is 0 Å². The Morgan fingerprint density at radius 2 is 1.82 bits per heavy atom. The average molecular weight is 586 g/mol. The molecule has 1 aliphatic heterocycles. The van der Waals surface area contributed by atoms with Crippen molar-refractivity contribution in [3.8, 4) is 0 Å². The van der Waals surface area contributed by atoms with Gasteiger partial charge in [-0.15, -0.1) is 11.6 Å². The number of hydrogen-bond donors (Lipinski definition) is 1. The summed E-state index contributed by atoms with van der Waals surface area (Å²) in [5, 5.41) is 9.68. The predicted octanol–water partition coefficient (Wildman–Crippen LogP) is 8.69. The molecule has 3 aliphatic rings. The Morgan fingerprint density at radius 1 is 1.18 bits per heavy atom. The van der Waals surface area contributed by atoms with E-state index in [1.54, 1.807) is 18.2 Å². The van der Waals surface area contributed by atoms with Crippen LogP contribution in [0.5, 0.6) is 0 Å². The summed E-state index contributed by atoms with van der Waals surface area (Å²) in [6.07, 6.45) is 9.74. The average Bonchev–Trinajstić information content (AvgIpc) is 3.12. The highest BCUT2D eigenvalue weighted by Gasteiger charge is 2.52. The number of hydrogen-bond acceptors (Lipinski definition) is 3. The zero-order valence-corrected chi connectivity index (χ0v) is 26.2. The summed E-state index contributed by atoms with van der Waals surface area (Å²) in [4.78, 5) is 33.4. The Labute approximate surface area is 249 Å². The van der Waals surface area contributed by atoms with Gasteiger partial charge in [0.2, 0.25) is 0 Å². The summed E-state index contributed by atoms with van der Waals surface area (Å²) in [6.45, 7) is 15.3. The number of aromatic carboxylic acids is 1. The maximum atomic E-state index is 14.6. The molecule has 4 atom stereocenters. The predicted molar refractivity (Wildman–Crippen MR) is 164 cm³/mol. The largest absolute Gasteiger partial charge is 0.478 e. The molecule has 0 fully saturated rings. The van der Waals surface area contributed by atoms with Crippen molar-refractivity contribution in [1.82, 2.24) is 4.90 Å². The molecule has 1 aromatic carbocycles. The molecule has 1 spiro atoms. The second-order valence-corrected chi connectivity index (χ2v) is 14.7. The third kappa shape index (κ3) is 6.26. The first-order valence-electron chi connectivity index (χ1n) is 14.2. The van der Waals surface area contributed by atoms with Crippen molar-refractivity contribution in [2.24, 2.45) is 21.7 Å². The fourth-order valence-electron chi connectivity index (χ4n) is 6.00. The lowest BCUT2D eigenvalue weighted by Gasteiger charge is -2.45. The molecule has 0 aromatic heterocycles. The Morgan fingerprint density at radius 3 is 2.35 bits per heavy atom. The number of rotatable bonds is 6. The Kier molecular flexibility index (Phi) is 8.51. The van der Waals surface area contributed by atoms with Gasteiger partial charge in [-0.3, -0.25) is 9.79 Å². The van der Waals surface area contributed by atoms with Crippen molar-refractivity contribution in [3.05, 3.63) is 69.8 Å². The quantitative estimate of drug-likeness (QED) is 0.268. The van der Waals surface area contributed by atoms with Gasteiger partial charge in [0.15, 0.2) is 0 Å². The van der Waals surface area contributed by atoms with Gasteiger partial charge in [-0.05, 0) is 71.9 Å². The first-order chi connectivity index (χ1) is 18.5. The van der Waals surface area contributed by atoms with E-state index in [0.29, 0.717) is 17.2 Å². The smallest absolute Gasteiger partial charge is 0.335 e. The van der Waals surface area contributed by atoms with Crippen molar-refractivity contribution in [3.63, 3.8) is 0 Å². The van der Waals surface area contributed by atoms with Crippen LogP contribution >= 0.6 is 23.2 Å². The van der Waals surface area contributed by atoms with E-state index in [1.807, 2.05) is 30.0 Å². The van der Waals surface area contributed by atoms with Crippen LogP contribution in [0.4, 0.5) is 0 Å². The van der Waals surface area contributed by atoms with Gasteiger partial charge in [0.05, 0.1) is 17.0 Å². The maximum Gasteiger partial charge on any atom is 0.335 e. The molecule has 0 bridgehead atoms. The summed E-state index contributed by atoms with van der Waals surface area (Å²) in [5.41, 5.74) is 3.11. The second kappa shape index (κ2) is 11.1. The molecule has 216 valence electrons. The van der Waals surface area contributed by atoms with Crippen LogP contribution in [0.25, 0.3) is 0 Å². The monoisotopic (exact) mass is 584 g/mol. The molecule has 40 heavy (non-hydrogen) atoms. The lowest BCUT2D eigenvalue weighted by molar-refractivity contribution is -0.132. The van der Waals surface area contributed by atoms with E-state index in [4.69, 9.17) is 28.2 Å². The van der Waals surface area contributed by atoms with Crippen molar-refractivity contribution < 1.29 is 14.7 Å². The minimum Gasteiger partial charge on any atom is -0.478 e. The molecule has 1 amide bonds. The van der Waals surface area contributed by atoms with Crippen LogP contribution in [0.3, 0.4) is 0 Å². The number of nitrogens with zero attached hydrogens (tertiary/aromatic N) is 2. The minimum absolute atomic E-state index is 0.0461. The summed E-state index contributed by atoms with van der Waals surface area (Å²) < 4.78 is 0. The highest BCUT2D eigenvalue weighted by molar-refractivity contribution is 6.48. The van der Waals surface area contributed by atoms with Crippen molar-refractivity contribution >= 4 is 40.8 Å². The normalized spacial score (nSPS) is 26.3. The Bertz CT molecular complexity index is 1290. The van der Waals surface area contributed by atoms with Gasteiger partial charge >= 0.3 is 5.97 Å². The third-order valence-electron chi connectivity index (χ3n) is 8.50. The van der Waals surface area contributed by atoms with E-state index in [1.165, 1.54) is 5.57 Å². The molecule has 2 aliphatic carbocycles. The molecule has 1 aromatic rings. The summed E-state index contributed by atoms with van der Waals surface area (Å²) in [7, 11) is 0. The SMILES string of the molecule is CC1C(C2=NC3(CC=C(C(C)(C)C)CC3)N([C@H](CCC(C)(C)C)c3ccc(C(=O)O)cc3)C2=O)=CC(Cl)=CC1Cl. The standard InChI is InChI=1S/C33H42Cl2N2O3/c1-20-25(18-24(34)19-26(20)35)28-29(38)37(33(36-28)16-12-23(13-17-33)32(5,6)7)27(14-15-31(2,3)4)21-8-10-22(11-9-21)30(39)40/h8-12,18-20,26-27H,13-17H2,1-7H3,(H,39,40)/t20?,26?,27-,33?/m1/s1. The number of halogens is 2. The summed E-state index contributed by atoms with van der Waals surface area (Å²) in [5.74, 6) is -1.19. The van der Waals surface area contributed by atoms with Gasteiger partial charge in [-0.2, -0.15) is 0 Å². The summed E-state index contributed by atoms with van der Waals surface area (Å²) >= 11 is 13.1. The first kappa shape index (κ1) is 30.6. The number of benzene rings is 1. The fraction of sp³-hybridized carbons (Fsp3) is 0.545. The lowest BCUT2D eigenvalue weighted by Crippen LogP contribution is -2.50. The van der Waals surface area contributed by atoms with Crippen LogP contribution in [0.2, 0.25) is 0 Å². The molecular formula is C33H42Cl2N2O3. The number of aliphatic imine (C=N–C) groups is 1. The van der Waals surface area contributed by atoms with Crippen LogP contribution in [0.1, 0.15) is 103 Å². The van der Waals surface area contributed by atoms with Gasteiger partial charge in [0.1, 0.15) is 11.4 Å². The van der Waals surface area contributed by atoms with Crippen LogP contribution in [0, 0.1) is 16.7 Å². The van der Waals surface area contributed by atoms with E-state index in [0.717, 1.165) is 36.8 Å². The molecule has 0 saturated carbocycles. The van der Waals surface area contributed by atoms with Gasteiger partial charge < -0.3 is 10.0 Å². The van der Waals surface area contributed by atoms with E-state index in [9.17, 15) is 14.7 Å². The maximum absolute atomic E-state index is 14.6. The molecule has 7 heteroatoms. The van der Waals surface area contributed by atoms with Gasteiger partial charge in [0.25, 0.3) is 5.91 Å². The molecule has 0 radical (unpaired) electrons. The molecule has 1 heterocycles. The van der Waals surface area contributed by atoms with E-state index >= 15 is 0 Å².